The predicted octanol–water partition coefficient (Wildman–Crippen LogP) is -0.910. The normalized spacial score (nSPS) is 25.2. The summed E-state index contributed by atoms with van der Waals surface area (Å²) in [6.45, 7) is -11.1. The molecule has 8 atom stereocenters. The fourth-order valence-corrected chi connectivity index (χ4v) is 16.1. The lowest BCUT2D eigenvalue weighted by atomic mass is 9.75. The summed E-state index contributed by atoms with van der Waals surface area (Å²) in [7, 11) is -22.1. The lowest BCUT2D eigenvalue weighted by molar-refractivity contribution is -0.143. The van der Waals surface area contributed by atoms with Crippen molar-refractivity contribution < 1.29 is 169 Å². The minimum atomic E-state index is -5.54. The first-order valence-corrected chi connectivity index (χ1v) is 37.2. The molecule has 1 aliphatic carbocycles. The number of aliphatic hydroxyl groups excluding tert-OH is 4. The van der Waals surface area contributed by atoms with Crippen molar-refractivity contribution in [3.05, 3.63) is 91.0 Å². The maximum atomic E-state index is 13.1. The van der Waals surface area contributed by atoms with Gasteiger partial charge < -0.3 is 81.7 Å². The summed E-state index contributed by atoms with van der Waals surface area (Å²) in [6, 6.07) is -3.33. The Hall–Kier alpha value is -7.68. The predicted molar refractivity (Wildman–Crippen MR) is 345 cm³/mol. The fraction of sp³-hybridized carbons (Fsp3) is 0.533. The molecular weight excluding hydrogens is 1480 g/mol. The number of hydrogen-bond donors (Lipinski definition) is 20. The highest BCUT2D eigenvalue weighted by Crippen LogP contribution is 2.56. The fourth-order valence-electron chi connectivity index (χ4n) is 14.8. The number of aromatic hydroxyl groups is 8. The van der Waals surface area contributed by atoms with Crippen LogP contribution in [0, 0.1) is 0 Å². The summed E-state index contributed by atoms with van der Waals surface area (Å²) < 4.78 is 159. The molecule has 4 aliphatic heterocycles. The van der Waals surface area contributed by atoms with Crippen LogP contribution in [0.2, 0.25) is 0 Å². The highest BCUT2D eigenvalue weighted by molar-refractivity contribution is 7.81. The molecule has 4 aromatic rings. The van der Waals surface area contributed by atoms with Crippen LogP contribution in [0.15, 0.2) is 24.3 Å². The number of phenolic OH excluding ortho intramolecular Hbond substituents is 8. The molecule has 4 heterocycles. The van der Waals surface area contributed by atoms with E-state index >= 15 is 0 Å². The molecule has 8 bridgehead atoms. The third kappa shape index (κ3) is 18.2. The molecule has 0 unspecified atom stereocenters. The summed E-state index contributed by atoms with van der Waals surface area (Å²) in [6.07, 6.45) is -11.8. The maximum absolute atomic E-state index is 13.1. The average molecular weight is 1560 g/mol. The van der Waals surface area contributed by atoms with Crippen LogP contribution >= 0.6 is 0 Å². The largest absolute Gasteiger partial charge is 0.507 e. The van der Waals surface area contributed by atoms with Crippen molar-refractivity contribution >= 4 is 65.5 Å². The van der Waals surface area contributed by atoms with Gasteiger partial charge in [0, 0.05) is 146 Å². The van der Waals surface area contributed by atoms with Crippen LogP contribution in [0.25, 0.3) is 0 Å². The first kappa shape index (κ1) is 80.4. The number of hydrogen-bond acceptors (Lipinski definition) is 32. The van der Waals surface area contributed by atoms with Gasteiger partial charge in [0.1, 0.15) is 70.2 Å². The summed E-state index contributed by atoms with van der Waals surface area (Å²) in [4.78, 5) is 55.7. The molecule has 576 valence electrons. The molecule has 4 fully saturated rings. The van der Waals surface area contributed by atoms with Gasteiger partial charge in [0.2, 0.25) is 0 Å². The van der Waals surface area contributed by atoms with Crippen LogP contribution in [0.3, 0.4) is 0 Å². The number of carboxylic acids is 4. The lowest BCUT2D eigenvalue weighted by Gasteiger charge is -2.33. The second-order valence-corrected chi connectivity index (χ2v) is 30.3. The van der Waals surface area contributed by atoms with E-state index in [1.807, 2.05) is 0 Å². The molecule has 0 aromatic heterocycles. The monoisotopic (exact) mass is 1560 g/mol. The highest BCUT2D eigenvalue weighted by Gasteiger charge is 2.45. The van der Waals surface area contributed by atoms with Crippen molar-refractivity contribution in [3.8, 4) is 46.0 Å². The number of carboxylic acid groups (broad SMARTS) is 4. The average Bonchev–Trinajstić information content (AvgIpc) is 0.908. The molecule has 0 spiro atoms. The van der Waals surface area contributed by atoms with Gasteiger partial charge in [-0.1, -0.05) is 0 Å². The first-order valence-electron chi connectivity index (χ1n) is 31.7. The Labute approximate surface area is 591 Å². The van der Waals surface area contributed by atoms with Gasteiger partial charge in [0.25, 0.3) is 0 Å². The second-order valence-electron chi connectivity index (χ2n) is 26.0. The van der Waals surface area contributed by atoms with Crippen LogP contribution in [-0.2, 0) is 104 Å². The van der Waals surface area contributed by atoms with Gasteiger partial charge in [-0.2, -0.15) is 33.7 Å². The Morgan fingerprint density at radius 1 is 0.317 bits per heavy atom. The molecule has 0 saturated carbocycles. The molecule has 5 aliphatic rings. The minimum Gasteiger partial charge on any atom is -0.507 e. The van der Waals surface area contributed by atoms with Gasteiger partial charge in [-0.25, -0.2) is 16.7 Å². The Bertz CT molecular complexity index is 3800. The third-order valence-electron chi connectivity index (χ3n) is 19.4. The van der Waals surface area contributed by atoms with Gasteiger partial charge in [-0.05, 0) is 49.9 Å². The Morgan fingerprint density at radius 3 is 0.606 bits per heavy atom. The van der Waals surface area contributed by atoms with Gasteiger partial charge in [-0.15, -0.1) is 0 Å². The van der Waals surface area contributed by atoms with Crippen molar-refractivity contribution in [2.24, 2.45) is 0 Å². The van der Waals surface area contributed by atoms with Crippen molar-refractivity contribution in [2.75, 3.05) is 52.6 Å². The Balaban J connectivity index is 1.54. The zero-order valence-corrected chi connectivity index (χ0v) is 57.5. The zero-order valence-electron chi connectivity index (χ0n) is 54.3. The number of benzene rings is 4. The van der Waals surface area contributed by atoms with Crippen LogP contribution in [0.4, 0.5) is 0 Å². The van der Waals surface area contributed by atoms with Crippen LogP contribution in [-0.4, -0.2) is 278 Å². The number of β-amino-alcohol motifs (C(OH)–C–C–N with tert-alkyl or cyclic N) is 4. The quantitative estimate of drug-likeness (QED) is 0.0306. The van der Waals surface area contributed by atoms with E-state index in [9.17, 15) is 153 Å². The number of nitrogens with zero attached hydrogens (tertiary/aromatic N) is 4. The van der Waals surface area contributed by atoms with E-state index in [1.165, 1.54) is 0 Å². The van der Waals surface area contributed by atoms with E-state index in [4.69, 9.17) is 16.7 Å². The molecule has 0 amide bonds. The smallest absolute Gasteiger partial charge is 0.397 e. The first-order chi connectivity index (χ1) is 48.3. The molecule has 0 radical (unpaired) electrons. The number of rotatable bonds is 28. The SMILES string of the molecule is O=C(O)[C@@H]1C[C@H](O)CN1Cc1c(O)c2cc(c1O)C(CCOS(=O)(=O)O)c1cc(c(O)c(CN3C[C@@H](O)C[C@H]3C(=O)O)c1O)C(CCOS(=O)(=O)O)c1cc(c(O)c(CN3C[C@@H](O)C[C@H]3C(=O)O)c1O)C(CCOS(=O)(=O)O)c1cc(c(O)c(CN3C[C@@H](O)C[C@H]3C(=O)O)c1O)C2CCOS(=O)(=O)O. The number of fused-ring (bicyclic) bond motifs is 8. The Kier molecular flexibility index (Phi) is 24.3. The number of phenols is 8. The zero-order chi connectivity index (χ0) is 76.9. The van der Waals surface area contributed by atoms with E-state index < -0.39 is 381 Å². The number of likely N-dealkylation sites (tertiary alicyclic amines) is 4. The minimum absolute atomic E-state index is 0.506. The molecule has 4 aromatic carbocycles. The standard InChI is InChI=1S/C60H76N4O36S4/c65-25-9-45(57(77)78)61(17-25)21-41-49(69)33-13-35(51(41)71)30(2-6-98-102(88,89)90)37-15-39(55(75)43(53(37)73)23-63-19-27(67)11-47(63)59(81)82)32(4-8-100-104(94,95)96)40-16-38(54(74)44(56(40)76)24-64-20-28(68)12-48(64)60(83)84)31(3-7-99-103(91,92)93)36-14-34(29(33)1-5-97-101(85,86)87)50(70)42(52(36)72)22-62-18-26(66)10-46(62)58(79)80/h13-16,25-32,45-48,65-76H,1-12,17-24H2,(H,77,78)(H,79,80)(H,81,82)(H,83,84)(H,85,86,87)(H,88,89,90)(H,91,92,93)(H,94,95,96)/t25-,26-,27-,28-,29?,30?,31?,32?,45-,46-,47-,48-/m0/s1. The second kappa shape index (κ2) is 31.4. The number of aliphatic hydroxyl groups is 4. The van der Waals surface area contributed by atoms with Gasteiger partial charge in [0.15, 0.2) is 0 Å². The highest BCUT2D eigenvalue weighted by atomic mass is 32.3. The number of aliphatic carboxylic acids is 4. The van der Waals surface area contributed by atoms with Crippen molar-refractivity contribution in [1.82, 2.24) is 19.6 Å². The van der Waals surface area contributed by atoms with E-state index in [0.717, 1.165) is 43.9 Å². The van der Waals surface area contributed by atoms with Crippen molar-refractivity contribution in [1.29, 1.82) is 0 Å². The van der Waals surface area contributed by atoms with Crippen LogP contribution in [0.5, 0.6) is 46.0 Å². The summed E-state index contributed by atoms with van der Waals surface area (Å²) >= 11 is 0. The van der Waals surface area contributed by atoms with E-state index in [2.05, 4.69) is 0 Å². The summed E-state index contributed by atoms with van der Waals surface area (Å²) in [5, 5.41) is 190. The van der Waals surface area contributed by atoms with E-state index in [1.54, 1.807) is 0 Å². The van der Waals surface area contributed by atoms with Crippen LogP contribution < -0.4 is 0 Å². The molecule has 104 heavy (non-hydrogen) atoms. The summed E-state index contributed by atoms with van der Waals surface area (Å²) in [5.41, 5.74) is -8.94. The molecule has 40 nitrogen and oxygen atoms in total. The van der Waals surface area contributed by atoms with Gasteiger partial charge in [0.05, 0.1) is 73.1 Å². The third-order valence-corrected chi connectivity index (χ3v) is 21.2. The molecule has 20 N–H and O–H groups in total. The van der Waals surface area contributed by atoms with Gasteiger partial charge >= 0.3 is 65.5 Å². The number of carbonyl (C=O) groups is 4. The van der Waals surface area contributed by atoms with Gasteiger partial charge in [-0.3, -0.25) is 57.0 Å². The van der Waals surface area contributed by atoms with Crippen molar-refractivity contribution in [2.45, 2.75) is 150 Å². The van der Waals surface area contributed by atoms with Crippen molar-refractivity contribution in [3.63, 3.8) is 0 Å². The molecule has 9 rings (SSSR count). The van der Waals surface area contributed by atoms with E-state index in [0.29, 0.717) is 0 Å². The van der Waals surface area contributed by atoms with Crippen LogP contribution in [0.1, 0.15) is 142 Å². The topological polar surface area (TPSA) is 659 Å². The summed E-state index contributed by atoms with van der Waals surface area (Å²) in [5.74, 6) is -24.0. The maximum Gasteiger partial charge on any atom is 0.397 e. The molecule has 4 saturated heterocycles. The lowest BCUT2D eigenvalue weighted by Crippen LogP contribution is -2.35. The Morgan fingerprint density at radius 2 is 0.471 bits per heavy atom. The molecular formula is C60H76N4O36S4. The van der Waals surface area contributed by atoms with E-state index in [-0.39, 0.29) is 0 Å². The molecule has 44 heteroatoms.